The first-order chi connectivity index (χ1) is 9.03. The van der Waals surface area contributed by atoms with E-state index in [4.69, 9.17) is 0 Å². The van der Waals surface area contributed by atoms with Crippen molar-refractivity contribution < 1.29 is 14.4 Å². The molecule has 0 aliphatic rings. The Bertz CT molecular complexity index is 297. The molecule has 0 radical (unpaired) electrons. The van der Waals surface area contributed by atoms with Crippen molar-refractivity contribution in [2.45, 2.75) is 85.7 Å². The van der Waals surface area contributed by atoms with Gasteiger partial charge in [0.05, 0.1) is 5.66 Å². The van der Waals surface area contributed by atoms with E-state index in [1.54, 1.807) is 0 Å². The van der Waals surface area contributed by atoms with Gasteiger partial charge in [-0.25, -0.2) is 0 Å². The molecule has 0 rings (SSSR count). The van der Waals surface area contributed by atoms with Gasteiger partial charge in [0.1, 0.15) is 0 Å². The zero-order valence-electron chi connectivity index (χ0n) is 14.2. The van der Waals surface area contributed by atoms with Crippen LogP contribution in [0.15, 0.2) is 0 Å². The second-order valence-corrected chi connectivity index (χ2v) is 9.25. The van der Waals surface area contributed by atoms with Gasteiger partial charge in [0.25, 0.3) is 0 Å². The predicted octanol–water partition coefficient (Wildman–Crippen LogP) is 5.21. The average molecular weight is 306 g/mol. The molecule has 4 heteroatoms. The van der Waals surface area contributed by atoms with Crippen molar-refractivity contribution >= 4 is 7.60 Å². The third-order valence-electron chi connectivity index (χ3n) is 4.04. The molecule has 0 aromatic heterocycles. The minimum absolute atomic E-state index is 0.269. The highest BCUT2D eigenvalue weighted by Crippen LogP contribution is 2.56. The lowest BCUT2D eigenvalue weighted by Crippen LogP contribution is -2.35. The summed E-state index contributed by atoms with van der Waals surface area (Å²) in [5, 5.41) is 0. The van der Waals surface area contributed by atoms with Gasteiger partial charge in [-0.05, 0) is 36.5 Å². The normalized spacial score (nSPS) is 15.1. The van der Waals surface area contributed by atoms with Gasteiger partial charge < -0.3 is 9.79 Å². The highest BCUT2D eigenvalue weighted by atomic mass is 31.2. The molecule has 0 saturated heterocycles. The Morgan fingerprint density at radius 1 is 1.00 bits per heavy atom. The topological polar surface area (TPSA) is 57.5 Å². The molecule has 0 aromatic carbocycles. The van der Waals surface area contributed by atoms with E-state index in [1.165, 1.54) is 0 Å². The van der Waals surface area contributed by atoms with E-state index < -0.39 is 13.3 Å². The van der Waals surface area contributed by atoms with E-state index in [2.05, 4.69) is 41.5 Å². The number of unbranched alkanes of at least 4 members (excludes halogenated alkanes) is 2. The minimum atomic E-state index is -4.05. The predicted molar refractivity (Wildman–Crippen MR) is 87.0 cm³/mol. The summed E-state index contributed by atoms with van der Waals surface area (Å²) in [6.07, 6.45) is 5.46. The van der Waals surface area contributed by atoms with Crippen LogP contribution < -0.4 is 0 Å². The van der Waals surface area contributed by atoms with Crippen LogP contribution in [-0.4, -0.2) is 15.4 Å². The molecule has 0 aromatic rings. The van der Waals surface area contributed by atoms with Crippen molar-refractivity contribution in [3.8, 4) is 0 Å². The van der Waals surface area contributed by atoms with Crippen molar-refractivity contribution in [1.29, 1.82) is 0 Å². The smallest absolute Gasteiger partial charge is 0.324 e. The monoisotopic (exact) mass is 306 g/mol. The molecule has 0 heterocycles. The molecule has 0 amide bonds. The Morgan fingerprint density at radius 2 is 1.45 bits per heavy atom. The van der Waals surface area contributed by atoms with Gasteiger partial charge in [-0.15, -0.1) is 0 Å². The van der Waals surface area contributed by atoms with Crippen molar-refractivity contribution in [3.05, 3.63) is 0 Å². The van der Waals surface area contributed by atoms with Crippen LogP contribution in [0.4, 0.5) is 0 Å². The first-order valence-corrected chi connectivity index (χ1v) is 9.76. The summed E-state index contributed by atoms with van der Waals surface area (Å²) in [5.41, 5.74) is -0.763. The van der Waals surface area contributed by atoms with E-state index in [1.807, 2.05) is 0 Å². The molecular formula is C16H35O3P. The molecule has 0 aliphatic heterocycles. The summed E-state index contributed by atoms with van der Waals surface area (Å²) in [5.74, 6) is 0.915. The summed E-state index contributed by atoms with van der Waals surface area (Å²) in [4.78, 5) is 19.7. The summed E-state index contributed by atoms with van der Waals surface area (Å²) in [7, 11) is -4.05. The molecule has 0 fully saturated rings. The van der Waals surface area contributed by atoms with Gasteiger partial charge in [0.2, 0.25) is 0 Å². The minimum Gasteiger partial charge on any atom is -0.324 e. The Kier molecular flexibility index (Phi) is 8.62. The van der Waals surface area contributed by atoms with E-state index in [-0.39, 0.29) is 5.41 Å². The summed E-state index contributed by atoms with van der Waals surface area (Å²) >= 11 is 0. The molecule has 3 nitrogen and oxygen atoms in total. The van der Waals surface area contributed by atoms with E-state index in [0.29, 0.717) is 18.3 Å². The van der Waals surface area contributed by atoms with Crippen LogP contribution in [0.2, 0.25) is 0 Å². The van der Waals surface area contributed by atoms with Crippen LogP contribution in [0.1, 0.15) is 80.1 Å². The summed E-state index contributed by atoms with van der Waals surface area (Å²) in [6.45, 7) is 12.8. The van der Waals surface area contributed by atoms with Crippen LogP contribution in [0.3, 0.4) is 0 Å². The fourth-order valence-corrected chi connectivity index (χ4v) is 5.27. The largest absolute Gasteiger partial charge is 0.329 e. The van der Waals surface area contributed by atoms with Crippen LogP contribution in [0.25, 0.3) is 0 Å². The van der Waals surface area contributed by atoms with Crippen molar-refractivity contribution in [3.63, 3.8) is 0 Å². The lowest BCUT2D eigenvalue weighted by molar-refractivity contribution is 0.168. The first-order valence-electron chi connectivity index (χ1n) is 8.08. The number of hydrogen-bond acceptors (Lipinski definition) is 1. The van der Waals surface area contributed by atoms with Gasteiger partial charge in [0, 0.05) is 0 Å². The van der Waals surface area contributed by atoms with E-state index >= 15 is 0 Å². The van der Waals surface area contributed by atoms with Crippen molar-refractivity contribution in [2.24, 2.45) is 17.3 Å². The Balaban J connectivity index is 5.22. The zero-order chi connectivity index (χ0) is 16.0. The maximum Gasteiger partial charge on any atom is 0.329 e. The van der Waals surface area contributed by atoms with Gasteiger partial charge in [-0.3, -0.25) is 4.57 Å². The fourth-order valence-electron chi connectivity index (χ4n) is 3.73. The van der Waals surface area contributed by atoms with Crippen LogP contribution in [0, 0.1) is 17.3 Å². The van der Waals surface area contributed by atoms with Crippen molar-refractivity contribution in [2.75, 3.05) is 0 Å². The average Bonchev–Trinajstić information content (AvgIpc) is 2.19. The van der Waals surface area contributed by atoms with Gasteiger partial charge in [-0.1, -0.05) is 60.8 Å². The molecule has 0 aliphatic carbocycles. The maximum atomic E-state index is 12.0. The molecule has 0 saturated carbocycles. The molecule has 0 bridgehead atoms. The van der Waals surface area contributed by atoms with Gasteiger partial charge in [-0.2, -0.15) is 0 Å². The number of rotatable bonds is 10. The third kappa shape index (κ3) is 7.24. The molecule has 20 heavy (non-hydrogen) atoms. The van der Waals surface area contributed by atoms with Crippen molar-refractivity contribution in [1.82, 2.24) is 0 Å². The third-order valence-corrected chi connectivity index (χ3v) is 5.73. The fraction of sp³-hybridized carbons (Fsp3) is 1.00. The molecular weight excluding hydrogens is 271 g/mol. The van der Waals surface area contributed by atoms with Crippen LogP contribution in [-0.2, 0) is 4.57 Å². The highest BCUT2D eigenvalue weighted by molar-refractivity contribution is 7.52. The van der Waals surface area contributed by atoms with Crippen LogP contribution in [0.5, 0.6) is 0 Å². The standard InChI is InChI=1S/C16H35O3P/c1-7-8-9-10-15(20(17,18)19)16(6,11-13(2)3)12-14(4)5/h13-15H,7-12H2,1-6H3,(H2,17,18,19). The summed E-state index contributed by atoms with van der Waals surface area (Å²) in [6, 6.07) is 0. The molecule has 1 atom stereocenters. The highest BCUT2D eigenvalue weighted by Gasteiger charge is 2.44. The Morgan fingerprint density at radius 3 is 1.75 bits per heavy atom. The van der Waals surface area contributed by atoms with Gasteiger partial charge in [0.15, 0.2) is 0 Å². The van der Waals surface area contributed by atoms with Crippen LogP contribution >= 0.6 is 7.60 Å². The number of hydrogen-bond donors (Lipinski definition) is 2. The van der Waals surface area contributed by atoms with E-state index in [0.717, 1.165) is 32.1 Å². The SMILES string of the molecule is CCCCCC(C(C)(CC(C)C)CC(C)C)P(=O)(O)O. The van der Waals surface area contributed by atoms with Gasteiger partial charge >= 0.3 is 7.60 Å². The maximum absolute atomic E-state index is 12.0. The molecule has 2 N–H and O–H groups in total. The lowest BCUT2D eigenvalue weighted by Gasteiger charge is -2.40. The zero-order valence-corrected chi connectivity index (χ0v) is 15.1. The quantitative estimate of drug-likeness (QED) is 0.430. The lowest BCUT2D eigenvalue weighted by atomic mass is 9.72. The Labute approximate surface area is 125 Å². The second kappa shape index (κ2) is 8.56. The summed E-state index contributed by atoms with van der Waals surface area (Å²) < 4.78 is 12.0. The Hall–Kier alpha value is 0.150. The molecule has 122 valence electrons. The second-order valence-electron chi connectivity index (χ2n) is 7.45. The molecule has 1 unspecified atom stereocenters. The molecule has 0 spiro atoms. The first kappa shape index (κ1) is 20.1. The van der Waals surface area contributed by atoms with E-state index in [9.17, 15) is 14.4 Å².